The first-order chi connectivity index (χ1) is 9.38. The zero-order valence-electron chi connectivity index (χ0n) is 11.5. The van der Waals surface area contributed by atoms with Crippen LogP contribution < -0.4 is 0 Å². The molecule has 0 amide bonds. The van der Waals surface area contributed by atoms with E-state index in [1.165, 1.54) is 19.3 Å². The van der Waals surface area contributed by atoms with Crippen molar-refractivity contribution in [3.05, 3.63) is 18.0 Å². The Balaban J connectivity index is 1.69. The number of rotatable bonds is 4. The Labute approximate surface area is 113 Å². The van der Waals surface area contributed by atoms with Crippen LogP contribution in [0.5, 0.6) is 0 Å². The van der Waals surface area contributed by atoms with Crippen LogP contribution in [-0.4, -0.2) is 49.1 Å². The normalized spacial score (nSPS) is 32.8. The summed E-state index contributed by atoms with van der Waals surface area (Å²) in [7, 11) is 1.83. The van der Waals surface area contributed by atoms with Crippen molar-refractivity contribution in [2.24, 2.45) is 5.92 Å². The first kappa shape index (κ1) is 13.1. The molecule has 1 saturated carbocycles. The molecular weight excluding hydrogens is 244 g/mol. The Kier molecular flexibility index (Phi) is 4.15. The minimum absolute atomic E-state index is 0.379. The van der Waals surface area contributed by atoms with Gasteiger partial charge in [-0.1, -0.05) is 11.6 Å². The molecule has 2 aliphatic rings. The number of ether oxygens (including phenoxy) is 2. The summed E-state index contributed by atoms with van der Waals surface area (Å²) in [6.07, 6.45) is 5.76. The number of hydrogen-bond acceptors (Lipinski definition) is 5. The lowest BCUT2D eigenvalue weighted by Gasteiger charge is -2.40. The van der Waals surface area contributed by atoms with Crippen molar-refractivity contribution in [3.8, 4) is 0 Å². The predicted molar refractivity (Wildman–Crippen MR) is 69.7 cm³/mol. The average molecular weight is 266 g/mol. The Morgan fingerprint density at radius 2 is 2.42 bits per heavy atom. The van der Waals surface area contributed by atoms with Crippen molar-refractivity contribution in [1.29, 1.82) is 0 Å². The SMILES string of the molecule is CO[C@@H]1CCC[C@@H]1[C@H]1COCCN1Cc1ccno1. The molecule has 19 heavy (non-hydrogen) atoms. The Bertz CT molecular complexity index is 382. The van der Waals surface area contributed by atoms with Gasteiger partial charge in [0.05, 0.1) is 32.1 Å². The number of methoxy groups -OCH3 is 1. The van der Waals surface area contributed by atoms with E-state index in [4.69, 9.17) is 14.0 Å². The van der Waals surface area contributed by atoms with Gasteiger partial charge in [0, 0.05) is 31.7 Å². The van der Waals surface area contributed by atoms with E-state index in [-0.39, 0.29) is 0 Å². The average Bonchev–Trinajstić information content (AvgIpc) is 3.09. The van der Waals surface area contributed by atoms with E-state index in [1.807, 2.05) is 13.2 Å². The van der Waals surface area contributed by atoms with E-state index >= 15 is 0 Å². The van der Waals surface area contributed by atoms with Gasteiger partial charge in [0.2, 0.25) is 0 Å². The Morgan fingerprint density at radius 3 is 3.21 bits per heavy atom. The molecule has 0 unspecified atom stereocenters. The molecule has 3 atom stereocenters. The molecule has 2 heterocycles. The molecule has 106 valence electrons. The van der Waals surface area contributed by atoms with Crippen LogP contribution in [0.15, 0.2) is 16.8 Å². The van der Waals surface area contributed by atoms with Gasteiger partial charge in [-0.05, 0) is 12.8 Å². The lowest BCUT2D eigenvalue weighted by atomic mass is 9.94. The second kappa shape index (κ2) is 6.03. The van der Waals surface area contributed by atoms with Crippen LogP contribution in [0.3, 0.4) is 0 Å². The highest BCUT2D eigenvalue weighted by Crippen LogP contribution is 2.34. The summed E-state index contributed by atoms with van der Waals surface area (Å²) in [5.41, 5.74) is 0. The van der Waals surface area contributed by atoms with E-state index in [0.717, 1.165) is 32.1 Å². The second-order valence-corrected chi connectivity index (χ2v) is 5.46. The molecular formula is C14H22N2O3. The molecule has 0 N–H and O–H groups in total. The fourth-order valence-corrected chi connectivity index (χ4v) is 3.46. The Hall–Kier alpha value is -0.910. The maximum absolute atomic E-state index is 5.69. The molecule has 5 nitrogen and oxygen atoms in total. The van der Waals surface area contributed by atoms with Gasteiger partial charge in [0.1, 0.15) is 0 Å². The highest BCUT2D eigenvalue weighted by molar-refractivity contribution is 4.97. The minimum atomic E-state index is 0.379. The zero-order chi connectivity index (χ0) is 13.1. The third-order valence-corrected chi connectivity index (χ3v) is 4.43. The van der Waals surface area contributed by atoms with Gasteiger partial charge in [-0.25, -0.2) is 0 Å². The summed E-state index contributed by atoms with van der Waals surface area (Å²) in [6, 6.07) is 2.38. The lowest BCUT2D eigenvalue weighted by molar-refractivity contribution is -0.0630. The summed E-state index contributed by atoms with van der Waals surface area (Å²) < 4.78 is 16.6. The summed E-state index contributed by atoms with van der Waals surface area (Å²) in [4.78, 5) is 2.46. The van der Waals surface area contributed by atoms with Crippen molar-refractivity contribution < 1.29 is 14.0 Å². The van der Waals surface area contributed by atoms with Crippen LogP contribution in [0.4, 0.5) is 0 Å². The highest BCUT2D eigenvalue weighted by atomic mass is 16.5. The molecule has 1 aromatic heterocycles. The molecule has 2 fully saturated rings. The first-order valence-electron chi connectivity index (χ1n) is 7.12. The van der Waals surface area contributed by atoms with E-state index in [9.17, 15) is 0 Å². The maximum atomic E-state index is 5.69. The highest BCUT2D eigenvalue weighted by Gasteiger charge is 2.38. The smallest absolute Gasteiger partial charge is 0.150 e. The van der Waals surface area contributed by atoms with Crippen molar-refractivity contribution in [2.45, 2.75) is 38.0 Å². The van der Waals surface area contributed by atoms with Gasteiger partial charge in [-0.3, -0.25) is 4.90 Å². The fraction of sp³-hybridized carbons (Fsp3) is 0.786. The molecule has 0 spiro atoms. The largest absolute Gasteiger partial charge is 0.381 e. The van der Waals surface area contributed by atoms with Crippen molar-refractivity contribution in [3.63, 3.8) is 0 Å². The monoisotopic (exact) mass is 266 g/mol. The molecule has 1 aliphatic heterocycles. The van der Waals surface area contributed by atoms with Crippen LogP contribution in [0.1, 0.15) is 25.0 Å². The molecule has 5 heteroatoms. The molecule has 3 rings (SSSR count). The van der Waals surface area contributed by atoms with Gasteiger partial charge in [0.25, 0.3) is 0 Å². The summed E-state index contributed by atoms with van der Waals surface area (Å²) in [6.45, 7) is 3.38. The topological polar surface area (TPSA) is 47.7 Å². The third kappa shape index (κ3) is 2.83. The molecule has 1 aromatic rings. The van der Waals surface area contributed by atoms with Gasteiger partial charge >= 0.3 is 0 Å². The van der Waals surface area contributed by atoms with Crippen LogP contribution in [0, 0.1) is 5.92 Å². The summed E-state index contributed by atoms with van der Waals surface area (Å²) in [5, 5.41) is 3.78. The Morgan fingerprint density at radius 1 is 1.47 bits per heavy atom. The molecule has 1 saturated heterocycles. The number of nitrogens with zero attached hydrogens (tertiary/aromatic N) is 2. The van der Waals surface area contributed by atoms with E-state index in [1.54, 1.807) is 6.20 Å². The fourth-order valence-electron chi connectivity index (χ4n) is 3.46. The summed E-state index contributed by atoms with van der Waals surface area (Å²) in [5.74, 6) is 1.51. The van der Waals surface area contributed by atoms with Gasteiger partial charge in [-0.2, -0.15) is 0 Å². The predicted octanol–water partition coefficient (Wildman–Crippen LogP) is 1.69. The van der Waals surface area contributed by atoms with Gasteiger partial charge in [-0.15, -0.1) is 0 Å². The van der Waals surface area contributed by atoms with Crippen LogP contribution in [-0.2, 0) is 16.0 Å². The molecule has 0 bridgehead atoms. The maximum Gasteiger partial charge on any atom is 0.150 e. The van der Waals surface area contributed by atoms with Crippen molar-refractivity contribution in [1.82, 2.24) is 10.1 Å². The quantitative estimate of drug-likeness (QED) is 0.830. The van der Waals surface area contributed by atoms with E-state index in [2.05, 4.69) is 10.1 Å². The third-order valence-electron chi connectivity index (χ3n) is 4.43. The molecule has 1 aliphatic carbocycles. The standard InChI is InChI=1S/C14H22N2O3/c1-17-14-4-2-3-12(14)13-10-18-8-7-16(13)9-11-5-6-15-19-11/h5-6,12-14H,2-4,7-10H2,1H3/t12-,13-,14-/m1/s1. The van der Waals surface area contributed by atoms with Crippen LogP contribution >= 0.6 is 0 Å². The van der Waals surface area contributed by atoms with Crippen molar-refractivity contribution in [2.75, 3.05) is 26.9 Å². The van der Waals surface area contributed by atoms with Gasteiger partial charge in [0.15, 0.2) is 5.76 Å². The minimum Gasteiger partial charge on any atom is -0.381 e. The first-order valence-corrected chi connectivity index (χ1v) is 7.12. The molecule has 0 radical (unpaired) electrons. The second-order valence-electron chi connectivity index (χ2n) is 5.46. The lowest BCUT2D eigenvalue weighted by Crippen LogP contribution is -2.50. The van der Waals surface area contributed by atoms with Crippen LogP contribution in [0.2, 0.25) is 0 Å². The van der Waals surface area contributed by atoms with E-state index < -0.39 is 0 Å². The number of aromatic nitrogens is 1. The number of hydrogen-bond donors (Lipinski definition) is 0. The van der Waals surface area contributed by atoms with Crippen molar-refractivity contribution >= 4 is 0 Å². The van der Waals surface area contributed by atoms with Crippen LogP contribution in [0.25, 0.3) is 0 Å². The molecule has 0 aromatic carbocycles. The van der Waals surface area contributed by atoms with E-state index in [0.29, 0.717) is 18.1 Å². The summed E-state index contributed by atoms with van der Waals surface area (Å²) >= 11 is 0. The number of morpholine rings is 1. The zero-order valence-corrected chi connectivity index (χ0v) is 11.5. The van der Waals surface area contributed by atoms with Gasteiger partial charge < -0.3 is 14.0 Å².